The van der Waals surface area contributed by atoms with Gasteiger partial charge < -0.3 is 15.7 Å². The Balaban J connectivity index is 1.65. The first-order chi connectivity index (χ1) is 19.0. The third-order valence-corrected chi connectivity index (χ3v) is 7.00. The van der Waals surface area contributed by atoms with Crippen molar-refractivity contribution >= 4 is 17.8 Å². The van der Waals surface area contributed by atoms with Gasteiger partial charge in [0.2, 0.25) is 11.8 Å². The molecule has 0 saturated heterocycles. The molecule has 3 unspecified atom stereocenters. The van der Waals surface area contributed by atoms with Crippen LogP contribution in [-0.4, -0.2) is 28.9 Å². The summed E-state index contributed by atoms with van der Waals surface area (Å²) >= 11 is 0. The zero-order chi connectivity index (χ0) is 29.3. The van der Waals surface area contributed by atoms with E-state index in [-0.39, 0.29) is 24.2 Å². The predicted octanol–water partition coefficient (Wildman–Crippen LogP) is 6.31. The molecular formula is C33H39FN2O4. The minimum absolute atomic E-state index is 0.265. The first-order valence-corrected chi connectivity index (χ1v) is 13.7. The molecule has 0 aliphatic rings. The summed E-state index contributed by atoms with van der Waals surface area (Å²) in [4.78, 5) is 38.1. The molecule has 40 heavy (non-hydrogen) atoms. The van der Waals surface area contributed by atoms with Gasteiger partial charge in [-0.1, -0.05) is 93.6 Å². The Bertz CT molecular complexity index is 1290. The van der Waals surface area contributed by atoms with Crippen molar-refractivity contribution in [2.75, 3.05) is 0 Å². The quantitative estimate of drug-likeness (QED) is 0.248. The van der Waals surface area contributed by atoms with Crippen LogP contribution in [0.4, 0.5) is 4.39 Å². The SMILES string of the molecule is CC(NC(=O)C(NC(=O)C(CCCc1ccc(-c2ccccc2)c(F)c1)CC(=O)O)C(C)(C)C)c1ccccc1. The summed E-state index contributed by atoms with van der Waals surface area (Å²) in [6.07, 6.45) is 0.922. The molecule has 0 aliphatic heterocycles. The van der Waals surface area contributed by atoms with Crippen molar-refractivity contribution in [2.45, 2.75) is 65.5 Å². The van der Waals surface area contributed by atoms with Crippen LogP contribution in [0.25, 0.3) is 11.1 Å². The lowest BCUT2D eigenvalue weighted by atomic mass is 9.85. The van der Waals surface area contributed by atoms with Crippen molar-refractivity contribution < 1.29 is 23.9 Å². The van der Waals surface area contributed by atoms with Gasteiger partial charge in [0.05, 0.1) is 12.5 Å². The Morgan fingerprint density at radius 2 is 1.50 bits per heavy atom. The average Bonchev–Trinajstić information content (AvgIpc) is 2.91. The maximum atomic E-state index is 14.8. The third-order valence-electron chi connectivity index (χ3n) is 7.00. The lowest BCUT2D eigenvalue weighted by Crippen LogP contribution is -2.55. The minimum atomic E-state index is -1.09. The Labute approximate surface area is 236 Å². The van der Waals surface area contributed by atoms with E-state index in [1.807, 2.05) is 94.4 Å². The summed E-state index contributed by atoms with van der Waals surface area (Å²) in [7, 11) is 0. The summed E-state index contributed by atoms with van der Waals surface area (Å²) in [6, 6.07) is 22.8. The van der Waals surface area contributed by atoms with E-state index in [2.05, 4.69) is 10.6 Å². The van der Waals surface area contributed by atoms with Crippen molar-refractivity contribution in [1.29, 1.82) is 0 Å². The first-order valence-electron chi connectivity index (χ1n) is 13.7. The van der Waals surface area contributed by atoms with E-state index in [1.54, 1.807) is 6.07 Å². The largest absolute Gasteiger partial charge is 0.481 e. The normalized spacial score (nSPS) is 13.6. The summed E-state index contributed by atoms with van der Waals surface area (Å²) in [5.74, 6) is -3.05. The summed E-state index contributed by atoms with van der Waals surface area (Å²) in [5, 5.41) is 15.3. The smallest absolute Gasteiger partial charge is 0.304 e. The highest BCUT2D eigenvalue weighted by Crippen LogP contribution is 2.26. The highest BCUT2D eigenvalue weighted by molar-refractivity contribution is 5.90. The van der Waals surface area contributed by atoms with Crippen molar-refractivity contribution in [3.8, 4) is 11.1 Å². The molecule has 3 rings (SSSR count). The molecule has 3 aromatic carbocycles. The first kappa shape index (κ1) is 30.5. The molecule has 0 radical (unpaired) electrons. The highest BCUT2D eigenvalue weighted by Gasteiger charge is 2.35. The molecule has 212 valence electrons. The van der Waals surface area contributed by atoms with E-state index in [1.165, 1.54) is 6.07 Å². The molecular weight excluding hydrogens is 507 g/mol. The molecule has 7 heteroatoms. The number of carboxylic acids is 1. The summed E-state index contributed by atoms with van der Waals surface area (Å²) in [6.45, 7) is 7.43. The lowest BCUT2D eigenvalue weighted by molar-refractivity contribution is -0.142. The minimum Gasteiger partial charge on any atom is -0.481 e. The fourth-order valence-corrected chi connectivity index (χ4v) is 4.71. The molecule has 0 bridgehead atoms. The maximum absolute atomic E-state index is 14.8. The number of carbonyl (C=O) groups is 3. The number of hydrogen-bond acceptors (Lipinski definition) is 3. The topological polar surface area (TPSA) is 95.5 Å². The van der Waals surface area contributed by atoms with Crippen LogP contribution in [0.2, 0.25) is 0 Å². The number of halogens is 1. The van der Waals surface area contributed by atoms with Crippen LogP contribution in [0, 0.1) is 17.2 Å². The Kier molecular flexibility index (Phi) is 10.6. The number of carbonyl (C=O) groups excluding carboxylic acids is 2. The summed E-state index contributed by atoms with van der Waals surface area (Å²) < 4.78 is 14.8. The number of hydrogen-bond donors (Lipinski definition) is 3. The number of carboxylic acid groups (broad SMARTS) is 1. The second-order valence-corrected chi connectivity index (χ2v) is 11.3. The average molecular weight is 547 g/mol. The molecule has 0 heterocycles. The van der Waals surface area contributed by atoms with E-state index in [0.717, 1.165) is 16.7 Å². The van der Waals surface area contributed by atoms with Crippen molar-refractivity contribution in [1.82, 2.24) is 10.6 Å². The van der Waals surface area contributed by atoms with Crippen molar-refractivity contribution in [3.05, 3.63) is 95.8 Å². The van der Waals surface area contributed by atoms with E-state index in [0.29, 0.717) is 24.8 Å². The number of rotatable bonds is 12. The molecule has 3 N–H and O–H groups in total. The van der Waals surface area contributed by atoms with Crippen LogP contribution in [0.3, 0.4) is 0 Å². The predicted molar refractivity (Wildman–Crippen MR) is 155 cm³/mol. The zero-order valence-corrected chi connectivity index (χ0v) is 23.6. The molecule has 0 aromatic heterocycles. The van der Waals surface area contributed by atoms with Crippen LogP contribution < -0.4 is 10.6 Å². The fourth-order valence-electron chi connectivity index (χ4n) is 4.71. The molecule has 0 saturated carbocycles. The van der Waals surface area contributed by atoms with E-state index < -0.39 is 29.3 Å². The van der Waals surface area contributed by atoms with Crippen LogP contribution in [0.1, 0.15) is 64.1 Å². The maximum Gasteiger partial charge on any atom is 0.304 e. The standard InChI is InChI=1S/C33H39FN2O4/c1-22(24-13-7-5-8-14-24)35-32(40)30(33(2,3)4)36-31(39)26(21-29(37)38)17-11-12-23-18-19-27(28(34)20-23)25-15-9-6-10-16-25/h5-10,13-16,18-20,22,26,30H,11-12,17,21H2,1-4H3,(H,35,40)(H,36,39)(H,37,38). The Morgan fingerprint density at radius 3 is 2.08 bits per heavy atom. The van der Waals surface area contributed by atoms with Gasteiger partial charge >= 0.3 is 5.97 Å². The van der Waals surface area contributed by atoms with Gasteiger partial charge in [0, 0.05) is 11.5 Å². The van der Waals surface area contributed by atoms with E-state index >= 15 is 0 Å². The molecule has 0 spiro atoms. The van der Waals surface area contributed by atoms with Crippen LogP contribution in [0.15, 0.2) is 78.9 Å². The lowest BCUT2D eigenvalue weighted by Gasteiger charge is -2.32. The molecule has 6 nitrogen and oxygen atoms in total. The van der Waals surface area contributed by atoms with Gasteiger partial charge in [-0.25, -0.2) is 4.39 Å². The molecule has 0 fully saturated rings. The van der Waals surface area contributed by atoms with E-state index in [9.17, 15) is 23.9 Å². The number of benzene rings is 3. The monoisotopic (exact) mass is 546 g/mol. The second kappa shape index (κ2) is 13.9. The van der Waals surface area contributed by atoms with Gasteiger partial charge in [0.25, 0.3) is 0 Å². The third kappa shape index (κ3) is 8.76. The summed E-state index contributed by atoms with van der Waals surface area (Å²) in [5.41, 5.74) is 2.41. The molecule has 3 atom stereocenters. The number of aliphatic carboxylic acids is 1. The number of aryl methyl sites for hydroxylation is 1. The molecule has 2 amide bonds. The van der Waals surface area contributed by atoms with Gasteiger partial charge in [-0.3, -0.25) is 14.4 Å². The number of amides is 2. The van der Waals surface area contributed by atoms with Gasteiger partial charge in [-0.05, 0) is 54.4 Å². The van der Waals surface area contributed by atoms with Crippen LogP contribution in [0.5, 0.6) is 0 Å². The molecule has 3 aromatic rings. The fraction of sp³-hybridized carbons (Fsp3) is 0.364. The Hall–Kier alpha value is -4.00. The zero-order valence-electron chi connectivity index (χ0n) is 23.6. The highest BCUT2D eigenvalue weighted by atomic mass is 19.1. The van der Waals surface area contributed by atoms with Gasteiger partial charge in [0.15, 0.2) is 0 Å². The van der Waals surface area contributed by atoms with Crippen LogP contribution >= 0.6 is 0 Å². The van der Waals surface area contributed by atoms with Gasteiger partial charge in [0.1, 0.15) is 11.9 Å². The van der Waals surface area contributed by atoms with Gasteiger partial charge in [-0.15, -0.1) is 0 Å². The van der Waals surface area contributed by atoms with E-state index in [4.69, 9.17) is 0 Å². The van der Waals surface area contributed by atoms with Gasteiger partial charge in [-0.2, -0.15) is 0 Å². The van der Waals surface area contributed by atoms with Crippen molar-refractivity contribution in [3.63, 3.8) is 0 Å². The molecule has 0 aliphatic carbocycles. The number of nitrogens with one attached hydrogen (secondary N) is 2. The van der Waals surface area contributed by atoms with Crippen LogP contribution in [-0.2, 0) is 20.8 Å². The van der Waals surface area contributed by atoms with Crippen molar-refractivity contribution in [2.24, 2.45) is 11.3 Å². The Morgan fingerprint density at radius 1 is 0.875 bits per heavy atom. The second-order valence-electron chi connectivity index (χ2n) is 11.3.